The Hall–Kier alpha value is -2.69. The number of nitrogens with zero attached hydrogens (tertiary/aromatic N) is 1. The van der Waals surface area contributed by atoms with Gasteiger partial charge in [0.05, 0.1) is 11.9 Å². The summed E-state index contributed by atoms with van der Waals surface area (Å²) in [7, 11) is 0. The number of nitrogens with one attached hydrogen (secondary N) is 2. The SMILES string of the molecule is C=CCNc1ccc(C(=O)Nc2cccc(F)c2)nc1. The largest absolute Gasteiger partial charge is 0.380 e. The van der Waals surface area contributed by atoms with Gasteiger partial charge in [0.2, 0.25) is 0 Å². The van der Waals surface area contributed by atoms with Gasteiger partial charge in [0, 0.05) is 12.2 Å². The molecule has 102 valence electrons. The Kier molecular flexibility index (Phi) is 4.44. The molecule has 4 nitrogen and oxygen atoms in total. The summed E-state index contributed by atoms with van der Waals surface area (Å²) >= 11 is 0. The number of halogens is 1. The van der Waals surface area contributed by atoms with E-state index in [1.807, 2.05) is 0 Å². The zero-order valence-electron chi connectivity index (χ0n) is 10.8. The van der Waals surface area contributed by atoms with Gasteiger partial charge < -0.3 is 10.6 Å². The van der Waals surface area contributed by atoms with Crippen molar-refractivity contribution in [3.8, 4) is 0 Å². The first-order valence-electron chi connectivity index (χ1n) is 6.07. The monoisotopic (exact) mass is 271 g/mol. The Balaban J connectivity index is 2.03. The molecule has 1 heterocycles. The summed E-state index contributed by atoms with van der Waals surface area (Å²) in [6, 6.07) is 9.05. The molecule has 2 aromatic rings. The number of amides is 1. The number of aromatic nitrogens is 1. The van der Waals surface area contributed by atoms with Crippen molar-refractivity contribution in [3.63, 3.8) is 0 Å². The van der Waals surface area contributed by atoms with Gasteiger partial charge in [-0.1, -0.05) is 12.1 Å². The maximum Gasteiger partial charge on any atom is 0.274 e. The molecule has 0 spiro atoms. The van der Waals surface area contributed by atoms with Crippen LogP contribution in [-0.4, -0.2) is 17.4 Å². The van der Waals surface area contributed by atoms with Gasteiger partial charge in [-0.2, -0.15) is 0 Å². The molecule has 1 aromatic carbocycles. The van der Waals surface area contributed by atoms with Gasteiger partial charge in [-0.15, -0.1) is 6.58 Å². The Bertz CT molecular complexity index is 611. The summed E-state index contributed by atoms with van der Waals surface area (Å²) in [5, 5.41) is 5.64. The molecule has 5 heteroatoms. The highest BCUT2D eigenvalue weighted by atomic mass is 19.1. The molecular formula is C15H14FN3O. The second-order valence-electron chi connectivity index (χ2n) is 4.07. The van der Waals surface area contributed by atoms with Crippen LogP contribution in [-0.2, 0) is 0 Å². The van der Waals surface area contributed by atoms with E-state index in [1.165, 1.54) is 18.2 Å². The van der Waals surface area contributed by atoms with Crippen LogP contribution in [0.5, 0.6) is 0 Å². The predicted octanol–water partition coefficient (Wildman–Crippen LogP) is 3.07. The second-order valence-corrected chi connectivity index (χ2v) is 4.07. The molecule has 0 saturated carbocycles. The third-order valence-electron chi connectivity index (χ3n) is 2.53. The van der Waals surface area contributed by atoms with Crippen LogP contribution in [0.2, 0.25) is 0 Å². The van der Waals surface area contributed by atoms with Crippen molar-refractivity contribution in [2.24, 2.45) is 0 Å². The zero-order chi connectivity index (χ0) is 14.4. The number of anilines is 2. The molecule has 0 fully saturated rings. The lowest BCUT2D eigenvalue weighted by molar-refractivity contribution is 0.102. The Morgan fingerprint density at radius 3 is 2.80 bits per heavy atom. The summed E-state index contributed by atoms with van der Waals surface area (Å²) in [6.07, 6.45) is 3.29. The van der Waals surface area contributed by atoms with Crippen molar-refractivity contribution in [2.45, 2.75) is 0 Å². The quantitative estimate of drug-likeness (QED) is 0.822. The lowest BCUT2D eigenvalue weighted by Gasteiger charge is -2.06. The summed E-state index contributed by atoms with van der Waals surface area (Å²) < 4.78 is 13.0. The molecule has 2 rings (SSSR count). The summed E-state index contributed by atoms with van der Waals surface area (Å²) in [6.45, 7) is 4.22. The minimum absolute atomic E-state index is 0.262. The number of carbonyl (C=O) groups excluding carboxylic acids is 1. The molecule has 0 atom stereocenters. The van der Waals surface area contributed by atoms with Gasteiger partial charge in [0.25, 0.3) is 5.91 Å². The molecule has 20 heavy (non-hydrogen) atoms. The van der Waals surface area contributed by atoms with E-state index in [-0.39, 0.29) is 11.6 Å². The average molecular weight is 271 g/mol. The highest BCUT2D eigenvalue weighted by Crippen LogP contribution is 2.11. The van der Waals surface area contributed by atoms with Crippen LogP contribution < -0.4 is 10.6 Å². The van der Waals surface area contributed by atoms with Crippen LogP contribution in [0, 0.1) is 5.82 Å². The van der Waals surface area contributed by atoms with Crippen LogP contribution in [0.4, 0.5) is 15.8 Å². The van der Waals surface area contributed by atoms with Crippen molar-refractivity contribution < 1.29 is 9.18 Å². The fraction of sp³-hybridized carbons (Fsp3) is 0.0667. The standard InChI is InChI=1S/C15H14FN3O/c1-2-8-17-13-6-7-14(18-10-13)15(20)19-12-5-3-4-11(16)9-12/h2-7,9-10,17H,1,8H2,(H,19,20). The molecule has 2 N–H and O–H groups in total. The second kappa shape index (κ2) is 6.47. The van der Waals surface area contributed by atoms with Crippen LogP contribution in [0.1, 0.15) is 10.5 Å². The first-order valence-corrected chi connectivity index (χ1v) is 6.07. The third kappa shape index (κ3) is 3.65. The number of pyridine rings is 1. The van der Waals surface area contributed by atoms with E-state index < -0.39 is 5.82 Å². The lowest BCUT2D eigenvalue weighted by atomic mass is 10.2. The predicted molar refractivity (Wildman–Crippen MR) is 77.3 cm³/mol. The minimum atomic E-state index is -0.403. The normalized spacial score (nSPS) is 9.85. The molecule has 0 aliphatic carbocycles. The molecule has 0 radical (unpaired) electrons. The van der Waals surface area contributed by atoms with E-state index in [1.54, 1.807) is 30.5 Å². The summed E-state index contributed by atoms with van der Waals surface area (Å²) in [5.74, 6) is -0.786. The summed E-state index contributed by atoms with van der Waals surface area (Å²) in [5.41, 5.74) is 1.45. The van der Waals surface area contributed by atoms with Crippen molar-refractivity contribution >= 4 is 17.3 Å². The highest BCUT2D eigenvalue weighted by Gasteiger charge is 2.07. The first-order chi connectivity index (χ1) is 9.69. The van der Waals surface area contributed by atoms with Crippen LogP contribution in [0.15, 0.2) is 55.3 Å². The third-order valence-corrected chi connectivity index (χ3v) is 2.53. The van der Waals surface area contributed by atoms with Crippen molar-refractivity contribution in [1.29, 1.82) is 0 Å². The molecule has 0 aliphatic rings. The fourth-order valence-corrected chi connectivity index (χ4v) is 1.58. The minimum Gasteiger partial charge on any atom is -0.380 e. The van der Waals surface area contributed by atoms with Gasteiger partial charge in [0.15, 0.2) is 0 Å². The molecule has 1 amide bonds. The van der Waals surface area contributed by atoms with E-state index >= 15 is 0 Å². The number of rotatable bonds is 5. The number of carbonyl (C=O) groups is 1. The smallest absolute Gasteiger partial charge is 0.274 e. The number of hydrogen-bond donors (Lipinski definition) is 2. The van der Waals surface area contributed by atoms with Crippen LogP contribution >= 0.6 is 0 Å². The molecule has 0 unspecified atom stereocenters. The highest BCUT2D eigenvalue weighted by molar-refractivity contribution is 6.02. The topological polar surface area (TPSA) is 54.0 Å². The maximum atomic E-state index is 13.0. The van der Waals surface area contributed by atoms with Gasteiger partial charge in [-0.05, 0) is 30.3 Å². The van der Waals surface area contributed by atoms with Gasteiger partial charge >= 0.3 is 0 Å². The first kappa shape index (κ1) is 13.7. The average Bonchev–Trinajstić information content (AvgIpc) is 2.45. The number of hydrogen-bond acceptors (Lipinski definition) is 3. The maximum absolute atomic E-state index is 13.0. The van der Waals surface area contributed by atoms with Gasteiger partial charge in [-0.25, -0.2) is 9.37 Å². The van der Waals surface area contributed by atoms with Crippen molar-refractivity contribution in [2.75, 3.05) is 17.2 Å². The lowest BCUT2D eigenvalue weighted by Crippen LogP contribution is -2.13. The van der Waals surface area contributed by atoms with Crippen molar-refractivity contribution in [3.05, 3.63) is 66.8 Å². The van der Waals surface area contributed by atoms with E-state index in [2.05, 4.69) is 22.2 Å². The Morgan fingerprint density at radius 2 is 2.15 bits per heavy atom. The van der Waals surface area contributed by atoms with Crippen LogP contribution in [0.3, 0.4) is 0 Å². The molecular weight excluding hydrogens is 257 g/mol. The van der Waals surface area contributed by atoms with E-state index in [4.69, 9.17) is 0 Å². The van der Waals surface area contributed by atoms with Crippen LogP contribution in [0.25, 0.3) is 0 Å². The Morgan fingerprint density at radius 1 is 1.30 bits per heavy atom. The number of benzene rings is 1. The van der Waals surface area contributed by atoms with Gasteiger partial charge in [-0.3, -0.25) is 4.79 Å². The molecule has 0 saturated heterocycles. The van der Waals surface area contributed by atoms with E-state index in [9.17, 15) is 9.18 Å². The van der Waals surface area contributed by atoms with Crippen molar-refractivity contribution in [1.82, 2.24) is 4.98 Å². The fourth-order valence-electron chi connectivity index (χ4n) is 1.58. The molecule has 1 aromatic heterocycles. The van der Waals surface area contributed by atoms with Gasteiger partial charge in [0.1, 0.15) is 11.5 Å². The zero-order valence-corrected chi connectivity index (χ0v) is 10.8. The summed E-state index contributed by atoms with van der Waals surface area (Å²) in [4.78, 5) is 16.0. The van der Waals surface area contributed by atoms with E-state index in [0.717, 1.165) is 5.69 Å². The molecule has 0 aliphatic heterocycles. The Labute approximate surface area is 116 Å². The van der Waals surface area contributed by atoms with E-state index in [0.29, 0.717) is 12.2 Å². The molecule has 0 bridgehead atoms.